The van der Waals surface area contributed by atoms with Crippen LogP contribution in [0.2, 0.25) is 0 Å². The quantitative estimate of drug-likeness (QED) is 0.820. The van der Waals surface area contributed by atoms with Gasteiger partial charge in [-0.25, -0.2) is 4.98 Å². The van der Waals surface area contributed by atoms with E-state index in [-0.39, 0.29) is 12.5 Å². The van der Waals surface area contributed by atoms with Crippen LogP contribution in [-0.4, -0.2) is 40.1 Å². The largest absolute Gasteiger partial charge is 0.396 e. The lowest BCUT2D eigenvalue weighted by atomic mass is 10.1. The third-order valence-electron chi connectivity index (χ3n) is 3.43. The fraction of sp³-hybridized carbons (Fsp3) is 0.692. The van der Waals surface area contributed by atoms with Gasteiger partial charge in [-0.05, 0) is 25.7 Å². The first kappa shape index (κ1) is 14.8. The number of aliphatic hydroxyl groups is 1. The third-order valence-corrected chi connectivity index (χ3v) is 4.60. The lowest BCUT2D eigenvalue weighted by Gasteiger charge is -2.24. The molecular weight excluding hydrogens is 284 g/mol. The van der Waals surface area contributed by atoms with Crippen LogP contribution in [0.5, 0.6) is 0 Å². The van der Waals surface area contributed by atoms with Crippen molar-refractivity contribution < 1.29 is 9.90 Å². The molecule has 1 saturated heterocycles. The smallest absolute Gasteiger partial charge is 0.229 e. The molecule has 1 unspecified atom stereocenters. The van der Waals surface area contributed by atoms with Gasteiger partial charge in [0.2, 0.25) is 5.91 Å². The number of hydrogen-bond donors (Lipinski definition) is 1. The van der Waals surface area contributed by atoms with E-state index in [1.807, 2.05) is 10.3 Å². The number of halogens is 1. The molecule has 0 spiro atoms. The second-order valence-electron chi connectivity index (χ2n) is 4.79. The minimum Gasteiger partial charge on any atom is -0.396 e. The summed E-state index contributed by atoms with van der Waals surface area (Å²) < 4.78 is 0. The normalized spacial score (nSPS) is 19.1. The maximum Gasteiger partial charge on any atom is 0.229 e. The molecule has 19 heavy (non-hydrogen) atoms. The summed E-state index contributed by atoms with van der Waals surface area (Å²) >= 11 is 7.21. The van der Waals surface area contributed by atoms with Crippen LogP contribution in [0.25, 0.3) is 0 Å². The van der Waals surface area contributed by atoms with Crippen LogP contribution >= 0.6 is 22.9 Å². The number of aliphatic hydroxyl groups excluding tert-OH is 1. The van der Waals surface area contributed by atoms with Gasteiger partial charge in [0.15, 0.2) is 0 Å². The number of nitrogens with zero attached hydrogens (tertiary/aromatic N) is 2. The SMILES string of the molecule is O=C(Cc1nc(CCl)cs1)N1CCCC1CCCO. The summed E-state index contributed by atoms with van der Waals surface area (Å²) in [5.41, 5.74) is 0.840. The van der Waals surface area contributed by atoms with E-state index in [4.69, 9.17) is 16.7 Å². The zero-order valence-corrected chi connectivity index (χ0v) is 12.4. The number of thiazole rings is 1. The minimum absolute atomic E-state index is 0.149. The highest BCUT2D eigenvalue weighted by Crippen LogP contribution is 2.23. The predicted octanol–water partition coefficient (Wildman–Crippen LogP) is 2.19. The van der Waals surface area contributed by atoms with E-state index in [9.17, 15) is 4.79 Å². The summed E-state index contributed by atoms with van der Waals surface area (Å²) in [4.78, 5) is 18.6. The van der Waals surface area contributed by atoms with Gasteiger partial charge in [0.1, 0.15) is 5.01 Å². The second-order valence-corrected chi connectivity index (χ2v) is 6.00. The van der Waals surface area contributed by atoms with Crippen LogP contribution in [-0.2, 0) is 17.1 Å². The Morgan fingerprint density at radius 2 is 2.47 bits per heavy atom. The molecule has 2 heterocycles. The van der Waals surface area contributed by atoms with Gasteiger partial charge < -0.3 is 10.0 Å². The van der Waals surface area contributed by atoms with Crippen LogP contribution in [0.3, 0.4) is 0 Å². The van der Waals surface area contributed by atoms with Gasteiger partial charge >= 0.3 is 0 Å². The predicted molar refractivity (Wildman–Crippen MR) is 76.4 cm³/mol. The van der Waals surface area contributed by atoms with Crippen LogP contribution in [0.1, 0.15) is 36.4 Å². The van der Waals surface area contributed by atoms with E-state index in [0.29, 0.717) is 18.3 Å². The molecule has 1 amide bonds. The maximum absolute atomic E-state index is 12.3. The van der Waals surface area contributed by atoms with Gasteiger partial charge in [0.25, 0.3) is 0 Å². The number of carbonyl (C=O) groups excluding carboxylic acids is 1. The number of rotatable bonds is 6. The average Bonchev–Trinajstić information content (AvgIpc) is 3.04. The van der Waals surface area contributed by atoms with Gasteiger partial charge in [0, 0.05) is 24.6 Å². The van der Waals surface area contributed by atoms with Crippen LogP contribution in [0.15, 0.2) is 5.38 Å². The Labute approximate surface area is 122 Å². The van der Waals surface area contributed by atoms with Crippen molar-refractivity contribution in [3.63, 3.8) is 0 Å². The Balaban J connectivity index is 1.91. The average molecular weight is 303 g/mol. The number of alkyl halides is 1. The zero-order chi connectivity index (χ0) is 13.7. The molecule has 1 aromatic rings. The zero-order valence-electron chi connectivity index (χ0n) is 10.8. The lowest BCUT2D eigenvalue weighted by Crippen LogP contribution is -2.36. The van der Waals surface area contributed by atoms with E-state index in [1.54, 1.807) is 0 Å². The number of hydrogen-bond acceptors (Lipinski definition) is 4. The van der Waals surface area contributed by atoms with Crippen molar-refractivity contribution in [3.05, 3.63) is 16.1 Å². The summed E-state index contributed by atoms with van der Waals surface area (Å²) in [6.07, 6.45) is 4.15. The van der Waals surface area contributed by atoms with Crippen LogP contribution in [0.4, 0.5) is 0 Å². The molecule has 0 saturated carbocycles. The van der Waals surface area contributed by atoms with E-state index >= 15 is 0 Å². The van der Waals surface area contributed by atoms with Gasteiger partial charge in [-0.1, -0.05) is 0 Å². The first-order chi connectivity index (χ1) is 9.24. The van der Waals surface area contributed by atoms with Gasteiger partial charge in [-0.3, -0.25) is 4.79 Å². The van der Waals surface area contributed by atoms with Crippen LogP contribution in [0, 0.1) is 0 Å². The van der Waals surface area contributed by atoms with E-state index in [2.05, 4.69) is 4.98 Å². The minimum atomic E-state index is 0.149. The Morgan fingerprint density at radius 3 is 3.16 bits per heavy atom. The molecule has 1 N–H and O–H groups in total. The van der Waals surface area contributed by atoms with Crippen molar-refractivity contribution >= 4 is 28.8 Å². The first-order valence-corrected chi connectivity index (χ1v) is 8.05. The Morgan fingerprint density at radius 1 is 1.63 bits per heavy atom. The Bertz CT molecular complexity index is 425. The summed E-state index contributed by atoms with van der Waals surface area (Å²) in [5, 5.41) is 11.6. The highest BCUT2D eigenvalue weighted by atomic mass is 35.5. The first-order valence-electron chi connectivity index (χ1n) is 6.64. The fourth-order valence-electron chi connectivity index (χ4n) is 2.51. The highest BCUT2D eigenvalue weighted by Gasteiger charge is 2.28. The summed E-state index contributed by atoms with van der Waals surface area (Å²) in [7, 11) is 0. The molecule has 0 radical (unpaired) electrons. The standard InChI is InChI=1S/C13H19ClN2O2S/c14-8-10-9-19-12(15-10)7-13(18)16-5-1-3-11(16)4-2-6-17/h9,11,17H,1-8H2. The van der Waals surface area contributed by atoms with Crippen LogP contribution < -0.4 is 0 Å². The molecule has 1 aromatic heterocycles. The lowest BCUT2D eigenvalue weighted by molar-refractivity contribution is -0.131. The molecule has 0 bridgehead atoms. The maximum atomic E-state index is 12.3. The van der Waals surface area contributed by atoms with E-state index < -0.39 is 0 Å². The van der Waals surface area contributed by atoms with Gasteiger partial charge in [-0.2, -0.15) is 0 Å². The summed E-state index contributed by atoms with van der Waals surface area (Å²) in [5.74, 6) is 0.545. The molecule has 106 valence electrons. The van der Waals surface area contributed by atoms with Crippen molar-refractivity contribution in [3.8, 4) is 0 Å². The molecule has 0 aromatic carbocycles. The summed E-state index contributed by atoms with van der Waals surface area (Å²) in [6, 6.07) is 0.298. The number of amides is 1. The molecular formula is C13H19ClN2O2S. The van der Waals surface area contributed by atoms with Crippen molar-refractivity contribution in [2.45, 2.75) is 44.0 Å². The van der Waals surface area contributed by atoms with E-state index in [1.165, 1.54) is 11.3 Å². The number of likely N-dealkylation sites (tertiary alicyclic amines) is 1. The van der Waals surface area contributed by atoms with Crippen molar-refractivity contribution in [2.75, 3.05) is 13.2 Å². The highest BCUT2D eigenvalue weighted by molar-refractivity contribution is 7.09. The number of carbonyl (C=O) groups is 1. The van der Waals surface area contributed by atoms with Crippen molar-refractivity contribution in [1.29, 1.82) is 0 Å². The fourth-order valence-corrected chi connectivity index (χ4v) is 3.53. The van der Waals surface area contributed by atoms with Crippen molar-refractivity contribution in [1.82, 2.24) is 9.88 Å². The van der Waals surface area contributed by atoms with Crippen molar-refractivity contribution in [2.24, 2.45) is 0 Å². The molecule has 1 fully saturated rings. The van der Waals surface area contributed by atoms with E-state index in [0.717, 1.165) is 42.9 Å². The molecule has 0 aliphatic carbocycles. The molecule has 1 aliphatic heterocycles. The number of aromatic nitrogens is 1. The second kappa shape index (κ2) is 7.22. The monoisotopic (exact) mass is 302 g/mol. The molecule has 6 heteroatoms. The molecule has 2 rings (SSSR count). The van der Waals surface area contributed by atoms with Gasteiger partial charge in [-0.15, -0.1) is 22.9 Å². The third kappa shape index (κ3) is 3.91. The molecule has 1 atom stereocenters. The van der Waals surface area contributed by atoms with Gasteiger partial charge in [0.05, 0.1) is 18.0 Å². The Hall–Kier alpha value is -0.650. The molecule has 4 nitrogen and oxygen atoms in total. The molecule has 1 aliphatic rings. The Kier molecular flexibility index (Phi) is 5.60. The topological polar surface area (TPSA) is 53.4 Å². The summed E-state index contributed by atoms with van der Waals surface area (Å²) in [6.45, 7) is 1.03.